The quantitative estimate of drug-likeness (QED) is 0.591. The van der Waals surface area contributed by atoms with E-state index in [0.717, 1.165) is 12.1 Å². The number of anilines is 1. The fraction of sp³-hybridized carbons (Fsp3) is 0.200. The van der Waals surface area contributed by atoms with E-state index in [9.17, 15) is 17.4 Å². The van der Waals surface area contributed by atoms with E-state index < -0.39 is 22.7 Å². The zero-order valence-corrected chi connectivity index (χ0v) is 16.9. The summed E-state index contributed by atoms with van der Waals surface area (Å²) in [4.78, 5) is 8.55. The Morgan fingerprint density at radius 2 is 1.90 bits per heavy atom. The SMILES string of the molecule is COc1ncc(-c2cccc(OCc3cccc(C(F)(F)F)c3)n2)cc1NS(C)=O. The molecule has 0 spiro atoms. The Hall–Kier alpha value is -3.14. The van der Waals surface area contributed by atoms with Gasteiger partial charge in [0.25, 0.3) is 0 Å². The second kappa shape index (κ2) is 9.12. The molecule has 6 nitrogen and oxygen atoms in total. The van der Waals surface area contributed by atoms with Crippen LogP contribution in [0.15, 0.2) is 54.7 Å². The highest BCUT2D eigenvalue weighted by Gasteiger charge is 2.30. The van der Waals surface area contributed by atoms with Crippen LogP contribution in [0.25, 0.3) is 11.3 Å². The molecule has 0 aliphatic rings. The van der Waals surface area contributed by atoms with Crippen molar-refractivity contribution in [3.8, 4) is 23.0 Å². The Bertz CT molecular complexity index is 1060. The molecule has 0 saturated carbocycles. The van der Waals surface area contributed by atoms with Gasteiger partial charge in [-0.1, -0.05) is 18.2 Å². The van der Waals surface area contributed by atoms with Crippen LogP contribution in [0.2, 0.25) is 0 Å². The van der Waals surface area contributed by atoms with Crippen molar-refractivity contribution in [3.05, 3.63) is 65.9 Å². The number of alkyl halides is 3. The number of pyridine rings is 2. The molecule has 1 atom stereocenters. The number of benzene rings is 1. The van der Waals surface area contributed by atoms with Crippen LogP contribution in [0.5, 0.6) is 11.8 Å². The molecular weight excluding hydrogens is 419 g/mol. The normalized spacial score (nSPS) is 12.3. The summed E-state index contributed by atoms with van der Waals surface area (Å²) in [7, 11) is 0.125. The molecule has 2 aromatic heterocycles. The van der Waals surface area contributed by atoms with Crippen molar-refractivity contribution in [3.63, 3.8) is 0 Å². The fourth-order valence-corrected chi connectivity index (χ4v) is 3.09. The lowest BCUT2D eigenvalue weighted by Gasteiger charge is -2.11. The lowest BCUT2D eigenvalue weighted by atomic mass is 10.1. The third-order valence-corrected chi connectivity index (χ3v) is 4.47. The summed E-state index contributed by atoms with van der Waals surface area (Å²) < 4.78 is 63.5. The standard InChI is InChI=1S/C20H18F3N3O3S/c1-28-19-17(26-30(2)27)10-14(11-24-19)16-7-4-8-18(25-16)29-12-13-5-3-6-15(9-13)20(21,22)23/h3-11,26H,12H2,1-2H3. The van der Waals surface area contributed by atoms with E-state index >= 15 is 0 Å². The second-order valence-electron chi connectivity index (χ2n) is 6.18. The molecule has 0 radical (unpaired) electrons. The number of ether oxygens (including phenoxy) is 2. The van der Waals surface area contributed by atoms with Gasteiger partial charge in [-0.2, -0.15) is 13.2 Å². The highest BCUT2D eigenvalue weighted by molar-refractivity contribution is 7.85. The number of rotatable bonds is 7. The van der Waals surface area contributed by atoms with Gasteiger partial charge in [0.1, 0.15) is 23.3 Å². The van der Waals surface area contributed by atoms with E-state index in [1.807, 2.05) is 0 Å². The van der Waals surface area contributed by atoms with Crippen molar-refractivity contribution in [1.29, 1.82) is 0 Å². The molecule has 10 heteroatoms. The number of aromatic nitrogens is 2. The first-order valence-corrected chi connectivity index (χ1v) is 10.2. The summed E-state index contributed by atoms with van der Waals surface area (Å²) in [5, 5.41) is 0. The lowest BCUT2D eigenvalue weighted by molar-refractivity contribution is -0.137. The molecule has 0 bridgehead atoms. The monoisotopic (exact) mass is 437 g/mol. The van der Waals surface area contributed by atoms with Gasteiger partial charge in [-0.25, -0.2) is 14.2 Å². The van der Waals surface area contributed by atoms with E-state index in [1.165, 1.54) is 19.4 Å². The number of nitrogens with one attached hydrogen (secondary N) is 1. The first-order chi connectivity index (χ1) is 14.3. The van der Waals surface area contributed by atoms with Gasteiger partial charge in [0.15, 0.2) is 0 Å². The minimum atomic E-state index is -4.41. The number of hydrogen-bond acceptors (Lipinski definition) is 5. The van der Waals surface area contributed by atoms with E-state index in [2.05, 4.69) is 14.7 Å². The molecule has 158 valence electrons. The molecule has 2 heterocycles. The topological polar surface area (TPSA) is 73.3 Å². The van der Waals surface area contributed by atoms with Gasteiger partial charge in [0.2, 0.25) is 11.8 Å². The van der Waals surface area contributed by atoms with Gasteiger partial charge < -0.3 is 14.2 Å². The van der Waals surface area contributed by atoms with Gasteiger partial charge in [-0.3, -0.25) is 0 Å². The number of nitrogens with zero attached hydrogens (tertiary/aromatic N) is 2. The number of hydrogen-bond donors (Lipinski definition) is 1. The zero-order valence-electron chi connectivity index (χ0n) is 16.1. The molecule has 0 aliphatic heterocycles. The molecular formula is C20H18F3N3O3S. The minimum Gasteiger partial charge on any atom is -0.480 e. The molecule has 0 aliphatic carbocycles. The third kappa shape index (κ3) is 5.47. The highest BCUT2D eigenvalue weighted by Crippen LogP contribution is 2.30. The third-order valence-electron chi connectivity index (χ3n) is 3.96. The molecule has 0 amide bonds. The van der Waals surface area contributed by atoms with Gasteiger partial charge in [0, 0.05) is 24.1 Å². The molecule has 0 fully saturated rings. The average molecular weight is 437 g/mol. The van der Waals surface area contributed by atoms with E-state index in [4.69, 9.17) is 9.47 Å². The second-order valence-corrected chi connectivity index (χ2v) is 7.30. The lowest BCUT2D eigenvalue weighted by Crippen LogP contribution is -2.06. The largest absolute Gasteiger partial charge is 0.480 e. The van der Waals surface area contributed by atoms with Crippen LogP contribution in [-0.4, -0.2) is 27.5 Å². The fourth-order valence-electron chi connectivity index (χ4n) is 2.63. The van der Waals surface area contributed by atoms with Crippen LogP contribution in [0, 0.1) is 0 Å². The van der Waals surface area contributed by atoms with Gasteiger partial charge >= 0.3 is 6.18 Å². The Morgan fingerprint density at radius 3 is 2.60 bits per heavy atom. The van der Waals surface area contributed by atoms with Crippen LogP contribution < -0.4 is 14.2 Å². The van der Waals surface area contributed by atoms with E-state index in [0.29, 0.717) is 22.5 Å². The molecule has 0 saturated heterocycles. The molecule has 3 aromatic rings. The van der Waals surface area contributed by atoms with Crippen LogP contribution >= 0.6 is 0 Å². The summed E-state index contributed by atoms with van der Waals surface area (Å²) in [6.45, 7) is -0.0666. The van der Waals surface area contributed by atoms with Crippen molar-refractivity contribution in [1.82, 2.24) is 9.97 Å². The Kier molecular flexibility index (Phi) is 6.56. The summed E-state index contributed by atoms with van der Waals surface area (Å²) in [5.41, 5.74) is 1.22. The Balaban J connectivity index is 1.79. The maximum absolute atomic E-state index is 12.8. The van der Waals surface area contributed by atoms with Crippen molar-refractivity contribution in [2.45, 2.75) is 12.8 Å². The molecule has 30 heavy (non-hydrogen) atoms. The first kappa shape index (κ1) is 21.6. The van der Waals surface area contributed by atoms with Crippen LogP contribution in [0.4, 0.5) is 18.9 Å². The molecule has 1 N–H and O–H groups in total. The molecule has 1 aromatic carbocycles. The summed E-state index contributed by atoms with van der Waals surface area (Å²) in [5.74, 6) is 0.528. The van der Waals surface area contributed by atoms with E-state index in [1.54, 1.807) is 36.5 Å². The van der Waals surface area contributed by atoms with Gasteiger partial charge in [-0.05, 0) is 29.8 Å². The predicted molar refractivity (Wildman–Crippen MR) is 107 cm³/mol. The molecule has 3 rings (SSSR count). The minimum absolute atomic E-state index is 0.0666. The van der Waals surface area contributed by atoms with Crippen molar-refractivity contribution in [2.75, 3.05) is 18.1 Å². The predicted octanol–water partition coefficient (Wildman–Crippen LogP) is 4.46. The number of halogens is 3. The van der Waals surface area contributed by atoms with E-state index in [-0.39, 0.29) is 18.4 Å². The van der Waals surface area contributed by atoms with Crippen molar-refractivity contribution in [2.24, 2.45) is 0 Å². The van der Waals surface area contributed by atoms with Gasteiger partial charge in [0.05, 0.1) is 18.4 Å². The van der Waals surface area contributed by atoms with Crippen molar-refractivity contribution < 1.29 is 26.9 Å². The van der Waals surface area contributed by atoms with Crippen LogP contribution in [0.1, 0.15) is 11.1 Å². The highest BCUT2D eigenvalue weighted by atomic mass is 32.2. The van der Waals surface area contributed by atoms with Crippen LogP contribution in [-0.2, 0) is 23.8 Å². The van der Waals surface area contributed by atoms with Crippen LogP contribution in [0.3, 0.4) is 0 Å². The smallest absolute Gasteiger partial charge is 0.416 e. The summed E-state index contributed by atoms with van der Waals surface area (Å²) in [6.07, 6.45) is -1.39. The first-order valence-electron chi connectivity index (χ1n) is 8.67. The number of methoxy groups -OCH3 is 1. The maximum Gasteiger partial charge on any atom is 0.416 e. The Morgan fingerprint density at radius 1 is 1.13 bits per heavy atom. The summed E-state index contributed by atoms with van der Waals surface area (Å²) >= 11 is 0. The average Bonchev–Trinajstić information content (AvgIpc) is 2.71. The van der Waals surface area contributed by atoms with Gasteiger partial charge in [-0.15, -0.1) is 0 Å². The Labute approximate surface area is 173 Å². The van der Waals surface area contributed by atoms with Crippen molar-refractivity contribution >= 4 is 16.7 Å². The summed E-state index contributed by atoms with van der Waals surface area (Å²) in [6, 6.07) is 11.7. The molecule has 1 unspecified atom stereocenters. The maximum atomic E-state index is 12.8. The zero-order chi connectivity index (χ0) is 21.7.